The Bertz CT molecular complexity index is 809. The van der Waals surface area contributed by atoms with Crippen LogP contribution in [0.4, 0.5) is 4.39 Å². The van der Waals surface area contributed by atoms with Gasteiger partial charge >= 0.3 is 0 Å². The summed E-state index contributed by atoms with van der Waals surface area (Å²) in [6, 6.07) is 11.8. The van der Waals surface area contributed by atoms with Crippen LogP contribution in [-0.4, -0.2) is 27.4 Å². The molecule has 0 unspecified atom stereocenters. The van der Waals surface area contributed by atoms with Crippen LogP contribution in [-0.2, 0) is 21.2 Å². The van der Waals surface area contributed by atoms with Crippen LogP contribution >= 0.6 is 11.6 Å². The lowest BCUT2D eigenvalue weighted by Gasteiger charge is -2.08. The predicted molar refractivity (Wildman–Crippen MR) is 94.4 cm³/mol. The van der Waals surface area contributed by atoms with E-state index in [1.165, 1.54) is 36.4 Å². The average molecular weight is 385 g/mol. The fourth-order valence-electron chi connectivity index (χ4n) is 2.08. The van der Waals surface area contributed by atoms with Crippen molar-refractivity contribution >= 4 is 27.5 Å². The van der Waals surface area contributed by atoms with Crippen molar-refractivity contribution in [3.05, 3.63) is 64.9 Å². The second kappa shape index (κ2) is 8.94. The number of hydrogen-bond donors (Lipinski definition) is 2. The second-order valence-corrected chi connectivity index (χ2v) is 7.53. The monoisotopic (exact) mass is 384 g/mol. The number of sulfonamides is 1. The van der Waals surface area contributed by atoms with Crippen molar-refractivity contribution in [3.8, 4) is 0 Å². The van der Waals surface area contributed by atoms with Crippen LogP contribution < -0.4 is 10.0 Å². The number of carbonyl (C=O) groups is 1. The highest BCUT2D eigenvalue weighted by atomic mass is 35.5. The van der Waals surface area contributed by atoms with E-state index in [0.29, 0.717) is 18.0 Å². The summed E-state index contributed by atoms with van der Waals surface area (Å²) < 4.78 is 39.2. The molecule has 2 aromatic rings. The number of rotatable bonds is 8. The van der Waals surface area contributed by atoms with Gasteiger partial charge in [-0.3, -0.25) is 4.79 Å². The van der Waals surface area contributed by atoms with E-state index in [-0.39, 0.29) is 29.6 Å². The number of nitrogens with one attached hydrogen (secondary N) is 2. The maximum Gasteiger partial charge on any atom is 0.240 e. The van der Waals surface area contributed by atoms with E-state index in [0.717, 1.165) is 5.56 Å². The number of carbonyl (C=O) groups excluding carboxylic acids is 1. The lowest BCUT2D eigenvalue weighted by molar-refractivity contribution is -0.120. The van der Waals surface area contributed by atoms with Crippen LogP contribution in [0.1, 0.15) is 12.0 Å². The summed E-state index contributed by atoms with van der Waals surface area (Å²) in [6.45, 7) is 0.391. The molecule has 0 aliphatic carbocycles. The molecule has 0 fully saturated rings. The van der Waals surface area contributed by atoms with Gasteiger partial charge in [0.2, 0.25) is 15.9 Å². The van der Waals surface area contributed by atoms with E-state index in [4.69, 9.17) is 11.6 Å². The summed E-state index contributed by atoms with van der Waals surface area (Å²) in [5, 5.41) is 3.14. The highest BCUT2D eigenvalue weighted by molar-refractivity contribution is 7.89. The molecule has 2 rings (SSSR count). The molecule has 0 aliphatic rings. The first-order valence-electron chi connectivity index (χ1n) is 7.63. The van der Waals surface area contributed by atoms with Gasteiger partial charge in [-0.1, -0.05) is 23.7 Å². The van der Waals surface area contributed by atoms with Crippen molar-refractivity contribution in [1.29, 1.82) is 0 Å². The predicted octanol–water partition coefficient (Wildman–Crippen LogP) is 2.51. The average Bonchev–Trinajstić information content (AvgIpc) is 2.57. The van der Waals surface area contributed by atoms with E-state index in [9.17, 15) is 17.6 Å². The zero-order chi connectivity index (χ0) is 18.3. The van der Waals surface area contributed by atoms with Gasteiger partial charge < -0.3 is 5.32 Å². The van der Waals surface area contributed by atoms with E-state index < -0.39 is 10.0 Å². The maximum absolute atomic E-state index is 12.8. The number of benzene rings is 2. The van der Waals surface area contributed by atoms with Gasteiger partial charge in [-0.2, -0.15) is 0 Å². The van der Waals surface area contributed by atoms with Crippen LogP contribution in [0.15, 0.2) is 53.4 Å². The van der Waals surface area contributed by atoms with Crippen molar-refractivity contribution < 1.29 is 17.6 Å². The summed E-state index contributed by atoms with van der Waals surface area (Å²) in [6.07, 6.45) is 0.596. The van der Waals surface area contributed by atoms with E-state index in [2.05, 4.69) is 10.0 Å². The molecule has 0 atom stereocenters. The second-order valence-electron chi connectivity index (χ2n) is 5.33. The Morgan fingerprint density at radius 3 is 2.28 bits per heavy atom. The molecule has 0 aliphatic heterocycles. The molecule has 0 saturated carbocycles. The van der Waals surface area contributed by atoms with E-state index >= 15 is 0 Å². The Labute approximate surface area is 151 Å². The van der Waals surface area contributed by atoms with Crippen molar-refractivity contribution in [1.82, 2.24) is 10.0 Å². The van der Waals surface area contributed by atoms with E-state index in [1.807, 2.05) is 0 Å². The molecule has 2 N–H and O–H groups in total. The molecule has 5 nitrogen and oxygen atoms in total. The first-order chi connectivity index (χ1) is 11.9. The van der Waals surface area contributed by atoms with Gasteiger partial charge in [0.1, 0.15) is 5.82 Å². The van der Waals surface area contributed by atoms with Crippen molar-refractivity contribution in [3.63, 3.8) is 0 Å². The molecule has 1 amide bonds. The van der Waals surface area contributed by atoms with Gasteiger partial charge in [0, 0.05) is 24.5 Å². The number of amides is 1. The molecule has 0 saturated heterocycles. The Balaban J connectivity index is 1.71. The third kappa shape index (κ3) is 6.45. The molecule has 0 heterocycles. The van der Waals surface area contributed by atoms with Crippen LogP contribution in [0.2, 0.25) is 5.02 Å². The molecular formula is C17H18ClFN2O3S. The first kappa shape index (κ1) is 19.4. The van der Waals surface area contributed by atoms with Crippen LogP contribution in [0, 0.1) is 5.82 Å². The normalized spacial score (nSPS) is 11.3. The smallest absolute Gasteiger partial charge is 0.240 e. The van der Waals surface area contributed by atoms with Gasteiger partial charge in [0.05, 0.1) is 4.90 Å². The Kier molecular flexibility index (Phi) is 6.92. The van der Waals surface area contributed by atoms with Gasteiger partial charge in [-0.05, 0) is 48.4 Å². The fourth-order valence-corrected chi connectivity index (χ4v) is 3.24. The molecule has 0 aromatic heterocycles. The van der Waals surface area contributed by atoms with Crippen molar-refractivity contribution in [2.45, 2.75) is 17.7 Å². The lowest BCUT2D eigenvalue weighted by atomic mass is 10.1. The zero-order valence-corrected chi connectivity index (χ0v) is 14.9. The van der Waals surface area contributed by atoms with Crippen molar-refractivity contribution in [2.75, 3.05) is 13.1 Å². The maximum atomic E-state index is 12.8. The molecule has 8 heteroatoms. The zero-order valence-electron chi connectivity index (χ0n) is 13.3. The quantitative estimate of drug-likeness (QED) is 0.734. The summed E-state index contributed by atoms with van der Waals surface area (Å²) in [4.78, 5) is 11.8. The SMILES string of the molecule is O=C(CCNS(=O)(=O)c1ccc(Cl)cc1)NCCc1ccc(F)cc1. The molecular weight excluding hydrogens is 367 g/mol. The largest absolute Gasteiger partial charge is 0.356 e. The van der Waals surface area contributed by atoms with Crippen LogP contribution in [0.25, 0.3) is 0 Å². The molecule has 2 aromatic carbocycles. The third-order valence-corrected chi connectivity index (χ3v) is 5.15. The van der Waals surface area contributed by atoms with E-state index in [1.54, 1.807) is 12.1 Å². The minimum Gasteiger partial charge on any atom is -0.356 e. The minimum absolute atomic E-state index is 0.00661. The lowest BCUT2D eigenvalue weighted by Crippen LogP contribution is -2.31. The number of hydrogen-bond acceptors (Lipinski definition) is 3. The Morgan fingerprint density at radius 2 is 1.64 bits per heavy atom. The van der Waals surface area contributed by atoms with Gasteiger partial charge in [-0.25, -0.2) is 17.5 Å². The molecule has 134 valence electrons. The van der Waals surface area contributed by atoms with Crippen LogP contribution in [0.3, 0.4) is 0 Å². The first-order valence-corrected chi connectivity index (χ1v) is 9.49. The summed E-state index contributed by atoms with van der Waals surface area (Å²) in [7, 11) is -3.66. The van der Waals surface area contributed by atoms with Gasteiger partial charge in [-0.15, -0.1) is 0 Å². The molecule has 0 bridgehead atoms. The highest BCUT2D eigenvalue weighted by Crippen LogP contribution is 2.13. The summed E-state index contributed by atoms with van der Waals surface area (Å²) in [5.74, 6) is -0.568. The fraction of sp³-hybridized carbons (Fsp3) is 0.235. The van der Waals surface area contributed by atoms with Gasteiger partial charge in [0.15, 0.2) is 0 Å². The summed E-state index contributed by atoms with van der Waals surface area (Å²) >= 11 is 5.72. The standard InChI is InChI=1S/C17H18ClFN2O3S/c18-14-3-7-16(8-4-14)25(23,24)21-12-10-17(22)20-11-9-13-1-5-15(19)6-2-13/h1-8,21H,9-12H2,(H,20,22). The Morgan fingerprint density at radius 1 is 1.00 bits per heavy atom. The number of halogens is 2. The van der Waals surface area contributed by atoms with Crippen LogP contribution in [0.5, 0.6) is 0 Å². The van der Waals surface area contributed by atoms with Crippen molar-refractivity contribution in [2.24, 2.45) is 0 Å². The molecule has 25 heavy (non-hydrogen) atoms. The Hall–Kier alpha value is -1.96. The highest BCUT2D eigenvalue weighted by Gasteiger charge is 2.13. The molecule has 0 spiro atoms. The topological polar surface area (TPSA) is 75.3 Å². The minimum atomic E-state index is -3.66. The molecule has 0 radical (unpaired) electrons. The summed E-state index contributed by atoms with van der Waals surface area (Å²) in [5.41, 5.74) is 0.908. The third-order valence-electron chi connectivity index (χ3n) is 3.42. The van der Waals surface area contributed by atoms with Gasteiger partial charge in [0.25, 0.3) is 0 Å².